The average Bonchev–Trinajstić information content (AvgIpc) is 2.59. The number of rotatable bonds is 6. The monoisotopic (exact) mass is 330 g/mol. The molecule has 0 atom stereocenters. The first-order valence-corrected chi connectivity index (χ1v) is 7.52. The fraction of sp³-hybridized carbons (Fsp3) is 0.222. The van der Waals surface area contributed by atoms with Crippen molar-refractivity contribution in [2.75, 3.05) is 30.4 Å². The summed E-state index contributed by atoms with van der Waals surface area (Å²) in [5, 5.41) is 2.75. The zero-order valence-electron chi connectivity index (χ0n) is 13.6. The van der Waals surface area contributed by atoms with Gasteiger partial charge in [-0.1, -0.05) is 6.07 Å². The number of carbonyl (C=O) groups is 2. The van der Waals surface area contributed by atoms with Crippen LogP contribution in [-0.2, 0) is 9.53 Å². The molecule has 0 aliphatic rings. The highest BCUT2D eigenvalue weighted by molar-refractivity contribution is 5.95. The Hall–Kier alpha value is -2.89. The molecular formula is C18H19FN2O3. The molecule has 6 heteroatoms. The van der Waals surface area contributed by atoms with Gasteiger partial charge in [0.25, 0.3) is 0 Å². The van der Waals surface area contributed by atoms with Gasteiger partial charge in [0.2, 0.25) is 5.91 Å². The summed E-state index contributed by atoms with van der Waals surface area (Å²) in [4.78, 5) is 25.3. The van der Waals surface area contributed by atoms with Gasteiger partial charge in [-0.05, 0) is 49.4 Å². The molecule has 0 heterocycles. The number of anilines is 2. The third-order valence-electron chi connectivity index (χ3n) is 3.48. The van der Waals surface area contributed by atoms with Gasteiger partial charge in [-0.15, -0.1) is 0 Å². The molecule has 0 spiro atoms. The average molecular weight is 330 g/mol. The van der Waals surface area contributed by atoms with Gasteiger partial charge in [-0.3, -0.25) is 4.79 Å². The Kier molecular flexibility index (Phi) is 5.89. The lowest BCUT2D eigenvalue weighted by molar-refractivity contribution is -0.115. The third-order valence-corrected chi connectivity index (χ3v) is 3.48. The molecule has 126 valence electrons. The normalized spacial score (nSPS) is 10.1. The number of carbonyl (C=O) groups excluding carboxylic acids is 2. The summed E-state index contributed by atoms with van der Waals surface area (Å²) in [6.45, 7) is 2.56. The van der Waals surface area contributed by atoms with Crippen molar-refractivity contribution in [2.24, 2.45) is 0 Å². The number of hydrogen-bond acceptors (Lipinski definition) is 4. The van der Waals surface area contributed by atoms with Crippen molar-refractivity contribution in [1.29, 1.82) is 0 Å². The first-order valence-electron chi connectivity index (χ1n) is 7.52. The Balaban J connectivity index is 2.00. The van der Waals surface area contributed by atoms with Gasteiger partial charge in [-0.25, -0.2) is 9.18 Å². The third kappa shape index (κ3) is 4.55. The topological polar surface area (TPSA) is 58.6 Å². The number of nitrogens with zero attached hydrogens (tertiary/aromatic N) is 1. The summed E-state index contributed by atoms with van der Waals surface area (Å²) >= 11 is 0. The molecule has 24 heavy (non-hydrogen) atoms. The smallest absolute Gasteiger partial charge is 0.337 e. The van der Waals surface area contributed by atoms with Crippen molar-refractivity contribution < 1.29 is 18.7 Å². The number of nitrogens with one attached hydrogen (secondary N) is 1. The number of amides is 1. The van der Waals surface area contributed by atoms with Crippen molar-refractivity contribution in [3.8, 4) is 0 Å². The molecular weight excluding hydrogens is 311 g/mol. The predicted octanol–water partition coefficient (Wildman–Crippen LogP) is 3.08. The first kappa shape index (κ1) is 17.5. The van der Waals surface area contributed by atoms with Gasteiger partial charge in [0.15, 0.2) is 0 Å². The van der Waals surface area contributed by atoms with E-state index in [9.17, 15) is 14.0 Å². The molecule has 2 rings (SSSR count). The zero-order valence-corrected chi connectivity index (χ0v) is 13.6. The highest BCUT2D eigenvalue weighted by atomic mass is 19.1. The standard InChI is InChI=1S/C18H19FN2O3/c1-3-21(16-6-4-5-14(19)11-16)12-17(22)20-15-9-7-13(8-10-15)18(23)24-2/h4-11H,3,12H2,1-2H3,(H,20,22). The number of esters is 1. The zero-order chi connectivity index (χ0) is 17.5. The van der Waals surface area contributed by atoms with Crippen LogP contribution in [0, 0.1) is 5.82 Å². The van der Waals surface area contributed by atoms with E-state index < -0.39 is 5.97 Å². The van der Waals surface area contributed by atoms with Gasteiger partial charge < -0.3 is 15.0 Å². The molecule has 0 radical (unpaired) electrons. The van der Waals surface area contributed by atoms with Crippen molar-refractivity contribution in [3.63, 3.8) is 0 Å². The largest absolute Gasteiger partial charge is 0.465 e. The highest BCUT2D eigenvalue weighted by Gasteiger charge is 2.11. The summed E-state index contributed by atoms with van der Waals surface area (Å²) < 4.78 is 17.9. The van der Waals surface area contributed by atoms with E-state index in [0.717, 1.165) is 0 Å². The van der Waals surface area contributed by atoms with Crippen LogP contribution in [0.2, 0.25) is 0 Å². The van der Waals surface area contributed by atoms with Crippen molar-refractivity contribution in [2.45, 2.75) is 6.92 Å². The predicted molar refractivity (Wildman–Crippen MR) is 90.7 cm³/mol. The van der Waals surface area contributed by atoms with Crippen molar-refractivity contribution in [1.82, 2.24) is 0 Å². The molecule has 0 fully saturated rings. The number of halogens is 1. The first-order chi connectivity index (χ1) is 11.5. The Morgan fingerprint density at radius 3 is 2.46 bits per heavy atom. The van der Waals surface area contributed by atoms with Gasteiger partial charge in [0.05, 0.1) is 19.2 Å². The van der Waals surface area contributed by atoms with Gasteiger partial charge in [0.1, 0.15) is 5.82 Å². The molecule has 1 amide bonds. The maximum Gasteiger partial charge on any atom is 0.337 e. The Labute approximate surface area is 140 Å². The van der Waals surface area contributed by atoms with Gasteiger partial charge >= 0.3 is 5.97 Å². The number of likely N-dealkylation sites (N-methyl/N-ethyl adjacent to an activating group) is 1. The molecule has 0 aliphatic heterocycles. The van der Waals surface area contributed by atoms with Crippen molar-refractivity contribution >= 4 is 23.3 Å². The number of benzene rings is 2. The molecule has 2 aromatic rings. The van der Waals surface area contributed by atoms with E-state index in [2.05, 4.69) is 10.1 Å². The second-order valence-corrected chi connectivity index (χ2v) is 5.11. The van der Waals surface area contributed by atoms with Crippen LogP contribution in [0.1, 0.15) is 17.3 Å². The molecule has 2 aromatic carbocycles. The Morgan fingerprint density at radius 1 is 1.17 bits per heavy atom. The fourth-order valence-corrected chi connectivity index (χ4v) is 2.24. The van der Waals surface area contributed by atoms with Crippen LogP contribution in [0.4, 0.5) is 15.8 Å². The van der Waals surface area contributed by atoms with Crippen LogP contribution >= 0.6 is 0 Å². The van der Waals surface area contributed by atoms with Crippen molar-refractivity contribution in [3.05, 3.63) is 59.9 Å². The van der Waals surface area contributed by atoms with E-state index in [1.807, 2.05) is 6.92 Å². The van der Waals surface area contributed by atoms with Crippen LogP contribution in [0.25, 0.3) is 0 Å². The van der Waals surface area contributed by atoms with Crippen LogP contribution < -0.4 is 10.2 Å². The van der Waals surface area contributed by atoms with Crippen LogP contribution in [-0.4, -0.2) is 32.1 Å². The molecule has 0 saturated heterocycles. The second-order valence-electron chi connectivity index (χ2n) is 5.11. The summed E-state index contributed by atoms with van der Waals surface area (Å²) in [6.07, 6.45) is 0. The molecule has 0 unspecified atom stereocenters. The quantitative estimate of drug-likeness (QED) is 0.827. The van der Waals surface area contributed by atoms with Crippen LogP contribution in [0.15, 0.2) is 48.5 Å². The van der Waals surface area contributed by atoms with E-state index >= 15 is 0 Å². The lowest BCUT2D eigenvalue weighted by Crippen LogP contribution is -2.33. The Morgan fingerprint density at radius 2 is 1.88 bits per heavy atom. The van der Waals surface area contributed by atoms with E-state index in [-0.39, 0.29) is 18.3 Å². The van der Waals surface area contributed by atoms with Crippen LogP contribution in [0.5, 0.6) is 0 Å². The van der Waals surface area contributed by atoms with Gasteiger partial charge in [-0.2, -0.15) is 0 Å². The summed E-state index contributed by atoms with van der Waals surface area (Å²) in [6, 6.07) is 12.5. The minimum absolute atomic E-state index is 0.0959. The number of methoxy groups -OCH3 is 1. The second kappa shape index (κ2) is 8.10. The van der Waals surface area contributed by atoms with E-state index in [1.54, 1.807) is 41.3 Å². The molecule has 0 aliphatic carbocycles. The molecule has 0 aromatic heterocycles. The minimum Gasteiger partial charge on any atom is -0.465 e. The maximum absolute atomic E-state index is 13.3. The van der Waals surface area contributed by atoms with E-state index in [4.69, 9.17) is 0 Å². The minimum atomic E-state index is -0.434. The lowest BCUT2D eigenvalue weighted by Gasteiger charge is -2.22. The van der Waals surface area contributed by atoms with Gasteiger partial charge in [0, 0.05) is 17.9 Å². The SMILES string of the molecule is CCN(CC(=O)Nc1ccc(C(=O)OC)cc1)c1cccc(F)c1. The lowest BCUT2D eigenvalue weighted by atomic mass is 10.2. The van der Waals surface area contributed by atoms with E-state index in [0.29, 0.717) is 23.5 Å². The molecule has 0 saturated carbocycles. The highest BCUT2D eigenvalue weighted by Crippen LogP contribution is 2.16. The fourth-order valence-electron chi connectivity index (χ4n) is 2.24. The number of ether oxygens (including phenoxy) is 1. The maximum atomic E-state index is 13.3. The molecule has 0 bridgehead atoms. The Bertz CT molecular complexity index is 716. The molecule has 1 N–H and O–H groups in total. The summed E-state index contributed by atoms with van der Waals surface area (Å²) in [7, 11) is 1.31. The number of hydrogen-bond donors (Lipinski definition) is 1. The van der Waals surface area contributed by atoms with E-state index in [1.165, 1.54) is 19.2 Å². The van der Waals surface area contributed by atoms with Crippen LogP contribution in [0.3, 0.4) is 0 Å². The molecule has 5 nitrogen and oxygen atoms in total. The summed E-state index contributed by atoms with van der Waals surface area (Å²) in [5.74, 6) is -1.01. The summed E-state index contributed by atoms with van der Waals surface area (Å²) in [5.41, 5.74) is 1.63.